The first-order chi connectivity index (χ1) is 18.1. The van der Waals surface area contributed by atoms with Crippen molar-refractivity contribution in [3.8, 4) is 0 Å². The van der Waals surface area contributed by atoms with E-state index in [0.29, 0.717) is 24.4 Å². The highest BCUT2D eigenvalue weighted by molar-refractivity contribution is 6.29. The number of alkyl halides is 4. The van der Waals surface area contributed by atoms with Crippen molar-refractivity contribution in [2.45, 2.75) is 70.6 Å². The summed E-state index contributed by atoms with van der Waals surface area (Å²) in [6.07, 6.45) is 0.256. The molecule has 4 rings (SSSR count). The van der Waals surface area contributed by atoms with E-state index in [1.807, 2.05) is 13.8 Å². The molecule has 0 spiro atoms. The van der Waals surface area contributed by atoms with Crippen LogP contribution in [0.25, 0.3) is 0 Å². The lowest BCUT2D eigenvalue weighted by Crippen LogP contribution is -2.60. The van der Waals surface area contributed by atoms with Gasteiger partial charge in [-0.2, -0.15) is 0 Å². The molecule has 2 aliphatic heterocycles. The standard InChI is InChI=1S/C25H35ClF3N5O5/c1-5-11(2)16(31-20(36)13-8-25(13,28)29)22(38)33-10-14-15(24(14,3)4)17(33)21(37)32-34(23(39)18(26)27)9-12-6-7-30-19(12)35/h11-18H,5-10H2,1-4H3,(H,30,35)(H,31,36)(H,32,37)/t11-,12-,13?,14-,15-,16-,17-,18-/m0/s1. The smallest absolute Gasteiger partial charge is 0.291 e. The summed E-state index contributed by atoms with van der Waals surface area (Å²) in [6.45, 7) is 7.64. The van der Waals surface area contributed by atoms with Crippen LogP contribution in [-0.4, -0.2) is 82.7 Å². The fourth-order valence-electron chi connectivity index (χ4n) is 5.97. The number of hydrazine groups is 1. The Bertz CT molecular complexity index is 1060. The van der Waals surface area contributed by atoms with Gasteiger partial charge in [0.05, 0.1) is 12.5 Å². The fourth-order valence-corrected chi connectivity index (χ4v) is 6.09. The summed E-state index contributed by atoms with van der Waals surface area (Å²) in [5.41, 5.74) is -0.383. The first kappa shape index (κ1) is 29.4. The van der Waals surface area contributed by atoms with Gasteiger partial charge in [0.2, 0.25) is 17.7 Å². The lowest BCUT2D eigenvalue weighted by molar-refractivity contribution is -0.150. The third-order valence-electron chi connectivity index (χ3n) is 8.94. The number of nitrogens with one attached hydrogen (secondary N) is 3. The SMILES string of the molecule is CC[C@H](C)[C@H](NC(=O)C1CC1(F)F)C(=O)N1C[C@H]2[C@@H]([C@H]1C(=O)NN(C[C@@H]1CCNC1=O)C(=O)[C@H](F)Cl)C2(C)C. The van der Waals surface area contributed by atoms with Crippen molar-refractivity contribution in [3.05, 3.63) is 0 Å². The number of carbonyl (C=O) groups is 5. The van der Waals surface area contributed by atoms with E-state index < -0.39 is 71.4 Å². The minimum atomic E-state index is -3.10. The molecule has 3 N–H and O–H groups in total. The van der Waals surface area contributed by atoms with Crippen molar-refractivity contribution in [1.29, 1.82) is 0 Å². The first-order valence-corrected chi connectivity index (χ1v) is 13.7. The van der Waals surface area contributed by atoms with Gasteiger partial charge < -0.3 is 15.5 Å². The largest absolute Gasteiger partial charge is 0.356 e. The summed E-state index contributed by atoms with van der Waals surface area (Å²) in [6, 6.07) is -2.20. The molecule has 2 saturated heterocycles. The lowest BCUT2D eigenvalue weighted by Gasteiger charge is -2.36. The molecule has 14 heteroatoms. The number of likely N-dealkylation sites (tertiary alicyclic amines) is 1. The minimum absolute atomic E-state index is 0.0510. The number of halogens is 4. The molecular formula is C25H35ClF3N5O5. The third kappa shape index (κ3) is 5.55. The molecule has 0 radical (unpaired) electrons. The van der Waals surface area contributed by atoms with E-state index in [-0.39, 0.29) is 36.2 Å². The zero-order valence-corrected chi connectivity index (χ0v) is 23.1. The zero-order valence-electron chi connectivity index (χ0n) is 22.3. The maximum Gasteiger partial charge on any atom is 0.291 e. The van der Waals surface area contributed by atoms with Crippen molar-refractivity contribution in [3.63, 3.8) is 0 Å². The summed E-state index contributed by atoms with van der Waals surface area (Å²) >= 11 is 5.37. The summed E-state index contributed by atoms with van der Waals surface area (Å²) in [5, 5.41) is 5.77. The third-order valence-corrected chi connectivity index (χ3v) is 9.13. The van der Waals surface area contributed by atoms with Crippen LogP contribution < -0.4 is 16.1 Å². The van der Waals surface area contributed by atoms with Crippen molar-refractivity contribution in [2.24, 2.45) is 35.0 Å². The molecule has 0 aromatic heterocycles. The molecule has 218 valence electrons. The number of carbonyl (C=O) groups excluding carboxylic acids is 5. The number of amides is 5. The topological polar surface area (TPSA) is 128 Å². The Morgan fingerprint density at radius 3 is 2.38 bits per heavy atom. The van der Waals surface area contributed by atoms with E-state index in [9.17, 15) is 37.1 Å². The van der Waals surface area contributed by atoms with Crippen LogP contribution in [0.3, 0.4) is 0 Å². The first-order valence-electron chi connectivity index (χ1n) is 13.3. The van der Waals surface area contributed by atoms with E-state index in [1.54, 1.807) is 13.8 Å². The minimum Gasteiger partial charge on any atom is -0.356 e. The van der Waals surface area contributed by atoms with E-state index in [4.69, 9.17) is 11.6 Å². The summed E-state index contributed by atoms with van der Waals surface area (Å²) < 4.78 is 40.8. The van der Waals surface area contributed by atoms with Gasteiger partial charge >= 0.3 is 0 Å². The fraction of sp³-hybridized carbons (Fsp3) is 0.800. The zero-order chi connectivity index (χ0) is 29.0. The highest BCUT2D eigenvalue weighted by atomic mass is 35.5. The van der Waals surface area contributed by atoms with E-state index in [1.165, 1.54) is 4.90 Å². The van der Waals surface area contributed by atoms with Crippen molar-refractivity contribution < 1.29 is 37.1 Å². The molecule has 4 aliphatic rings. The van der Waals surface area contributed by atoms with Crippen LogP contribution in [0, 0.1) is 35.0 Å². The van der Waals surface area contributed by atoms with Gasteiger partial charge in [-0.25, -0.2) is 18.2 Å². The molecule has 1 unspecified atom stereocenters. The highest BCUT2D eigenvalue weighted by Gasteiger charge is 2.70. The van der Waals surface area contributed by atoms with Gasteiger partial charge in [-0.1, -0.05) is 45.7 Å². The van der Waals surface area contributed by atoms with Gasteiger partial charge in [-0.15, -0.1) is 0 Å². The normalized spacial score (nSPS) is 31.8. The van der Waals surface area contributed by atoms with Crippen LogP contribution in [0.15, 0.2) is 0 Å². The molecule has 5 amide bonds. The molecule has 2 aliphatic carbocycles. The van der Waals surface area contributed by atoms with Crippen LogP contribution in [0.1, 0.15) is 47.0 Å². The van der Waals surface area contributed by atoms with Gasteiger partial charge in [-0.3, -0.25) is 29.4 Å². The second kappa shape index (κ2) is 10.4. The number of fused-ring (bicyclic) bond motifs is 1. The average Bonchev–Trinajstić information content (AvgIpc) is 3.42. The van der Waals surface area contributed by atoms with Gasteiger partial charge in [0.15, 0.2) is 0 Å². The number of hydrogen-bond acceptors (Lipinski definition) is 5. The highest BCUT2D eigenvalue weighted by Crippen LogP contribution is 2.65. The number of hydrogen-bond donors (Lipinski definition) is 3. The Kier molecular flexibility index (Phi) is 7.87. The molecule has 0 bridgehead atoms. The molecule has 8 atom stereocenters. The Morgan fingerprint density at radius 1 is 1.23 bits per heavy atom. The van der Waals surface area contributed by atoms with Crippen molar-refractivity contribution in [1.82, 2.24) is 26.0 Å². The molecule has 2 heterocycles. The summed E-state index contributed by atoms with van der Waals surface area (Å²) in [7, 11) is 0. The number of piperidine rings is 1. The van der Waals surface area contributed by atoms with E-state index >= 15 is 0 Å². The monoisotopic (exact) mass is 577 g/mol. The van der Waals surface area contributed by atoms with Gasteiger partial charge in [0.25, 0.3) is 23.4 Å². The van der Waals surface area contributed by atoms with Crippen LogP contribution in [0.4, 0.5) is 13.2 Å². The number of nitrogens with zero attached hydrogens (tertiary/aromatic N) is 2. The summed E-state index contributed by atoms with van der Waals surface area (Å²) in [5.74, 6) is -9.86. The molecule has 0 aromatic carbocycles. The predicted molar refractivity (Wildman–Crippen MR) is 132 cm³/mol. The van der Waals surface area contributed by atoms with Gasteiger partial charge in [0, 0.05) is 19.5 Å². The quantitative estimate of drug-likeness (QED) is 0.280. The van der Waals surface area contributed by atoms with Gasteiger partial charge in [-0.05, 0) is 29.6 Å². The Hall–Kier alpha value is -2.57. The van der Waals surface area contributed by atoms with E-state index in [2.05, 4.69) is 16.1 Å². The van der Waals surface area contributed by atoms with Crippen LogP contribution >= 0.6 is 11.6 Å². The van der Waals surface area contributed by atoms with Crippen molar-refractivity contribution >= 4 is 41.1 Å². The maximum absolute atomic E-state index is 13.8. The molecule has 10 nitrogen and oxygen atoms in total. The van der Waals surface area contributed by atoms with Crippen molar-refractivity contribution in [2.75, 3.05) is 19.6 Å². The lowest BCUT2D eigenvalue weighted by atomic mass is 9.95. The maximum atomic E-state index is 13.8. The molecule has 39 heavy (non-hydrogen) atoms. The second-order valence-electron chi connectivity index (χ2n) is 11.8. The van der Waals surface area contributed by atoms with Gasteiger partial charge in [0.1, 0.15) is 18.0 Å². The molecular weight excluding hydrogens is 543 g/mol. The predicted octanol–water partition coefficient (Wildman–Crippen LogP) is 1.19. The summed E-state index contributed by atoms with van der Waals surface area (Å²) in [4.78, 5) is 65.7. The second-order valence-corrected chi connectivity index (χ2v) is 12.2. The van der Waals surface area contributed by atoms with E-state index in [0.717, 1.165) is 0 Å². The van der Waals surface area contributed by atoms with Crippen LogP contribution in [0.5, 0.6) is 0 Å². The molecule has 0 aromatic rings. The number of rotatable bonds is 9. The Balaban J connectivity index is 1.54. The molecule has 4 fully saturated rings. The Morgan fingerprint density at radius 2 is 1.87 bits per heavy atom. The molecule has 2 saturated carbocycles. The average molecular weight is 578 g/mol. The van der Waals surface area contributed by atoms with Crippen LogP contribution in [0.2, 0.25) is 0 Å². The van der Waals surface area contributed by atoms with Crippen LogP contribution in [-0.2, 0) is 24.0 Å². The Labute approximate surface area is 229 Å².